The Morgan fingerprint density at radius 3 is 2.83 bits per heavy atom. The van der Waals surface area contributed by atoms with Crippen molar-refractivity contribution in [3.63, 3.8) is 0 Å². The van der Waals surface area contributed by atoms with E-state index in [1.165, 1.54) is 0 Å². The zero-order valence-corrected chi connectivity index (χ0v) is 14.8. The van der Waals surface area contributed by atoms with Gasteiger partial charge >= 0.3 is 6.61 Å². The van der Waals surface area contributed by atoms with Crippen molar-refractivity contribution in [1.82, 2.24) is 15.2 Å². The Morgan fingerprint density at radius 1 is 1.39 bits per heavy atom. The van der Waals surface area contributed by atoms with Gasteiger partial charge in [-0.15, -0.1) is 11.3 Å². The Labute approximate surface area is 149 Å². The highest BCUT2D eigenvalue weighted by molar-refractivity contribution is 9.11. The van der Waals surface area contributed by atoms with Gasteiger partial charge in [-0.1, -0.05) is 23.2 Å². The van der Waals surface area contributed by atoms with Crippen molar-refractivity contribution in [2.45, 2.75) is 13.2 Å². The summed E-state index contributed by atoms with van der Waals surface area (Å²) in [5, 5.41) is 6.53. The molecular formula is C12H5BrCl2F3N3OS. The molecule has 11 heteroatoms. The third-order valence-corrected chi connectivity index (χ3v) is 5.13. The second-order valence-corrected chi connectivity index (χ2v) is 7.36. The van der Waals surface area contributed by atoms with Crippen molar-refractivity contribution in [3.8, 4) is 11.3 Å². The van der Waals surface area contributed by atoms with Gasteiger partial charge in [-0.2, -0.15) is 13.9 Å². The number of rotatable bonds is 4. The molecular weight excluding hydrogens is 442 g/mol. The van der Waals surface area contributed by atoms with Gasteiger partial charge in [0.15, 0.2) is 3.92 Å². The molecule has 23 heavy (non-hydrogen) atoms. The van der Waals surface area contributed by atoms with Crippen molar-refractivity contribution in [2.24, 2.45) is 0 Å². The first kappa shape index (κ1) is 17.0. The molecule has 0 aliphatic heterocycles. The average Bonchev–Trinajstić information content (AvgIpc) is 3.01. The molecule has 1 N–H and O–H groups in total. The second-order valence-electron chi connectivity index (χ2n) is 4.30. The first-order chi connectivity index (χ1) is 10.9. The van der Waals surface area contributed by atoms with Crippen molar-refractivity contribution >= 4 is 60.7 Å². The largest absolute Gasteiger partial charge is 0.345 e. The van der Waals surface area contributed by atoms with Crippen LogP contribution in [0.3, 0.4) is 0 Å². The average molecular weight is 447 g/mol. The van der Waals surface area contributed by atoms with Crippen molar-refractivity contribution in [1.29, 1.82) is 0 Å². The van der Waals surface area contributed by atoms with E-state index in [1.54, 1.807) is 0 Å². The molecule has 0 aliphatic carbocycles. The van der Waals surface area contributed by atoms with E-state index in [0.29, 0.717) is 14.1 Å². The standard InChI is InChI=1S/C12H5BrCl2F3N3OS/c13-11-19-8-3(14)1-4(16)6(10(8)23-11)9-7(15)5(20-21-9)2-22-12(17)18/h1,12H,2H2,(H,20,21). The maximum atomic E-state index is 14.4. The quantitative estimate of drug-likeness (QED) is 0.564. The summed E-state index contributed by atoms with van der Waals surface area (Å²) in [6.07, 6.45) is 0. The third-order valence-electron chi connectivity index (χ3n) is 2.91. The maximum absolute atomic E-state index is 14.4. The lowest BCUT2D eigenvalue weighted by molar-refractivity contribution is -0.137. The van der Waals surface area contributed by atoms with Crippen LogP contribution in [0.25, 0.3) is 21.5 Å². The van der Waals surface area contributed by atoms with Crippen LogP contribution in [0.4, 0.5) is 13.2 Å². The van der Waals surface area contributed by atoms with E-state index in [0.717, 1.165) is 17.4 Å². The molecule has 0 saturated heterocycles. The minimum absolute atomic E-state index is 0.00213. The molecule has 0 bridgehead atoms. The zero-order chi connectivity index (χ0) is 16.7. The molecule has 122 valence electrons. The van der Waals surface area contributed by atoms with Crippen molar-refractivity contribution in [2.75, 3.05) is 0 Å². The van der Waals surface area contributed by atoms with Gasteiger partial charge < -0.3 is 4.74 Å². The lowest BCUT2D eigenvalue weighted by atomic mass is 10.1. The summed E-state index contributed by atoms with van der Waals surface area (Å²) in [5.41, 5.74) is 0.685. The molecule has 0 radical (unpaired) electrons. The lowest BCUT2D eigenvalue weighted by Crippen LogP contribution is -1.99. The van der Waals surface area contributed by atoms with Gasteiger partial charge in [0.25, 0.3) is 0 Å². The SMILES string of the molecule is Fc1cc(Cl)c2nc(Br)sc2c1-c1n[nH]c(COC(F)F)c1Cl. The minimum Gasteiger partial charge on any atom is -0.316 e. The van der Waals surface area contributed by atoms with Crippen LogP contribution >= 0.6 is 50.5 Å². The summed E-state index contributed by atoms with van der Waals surface area (Å²) in [6.45, 7) is -3.43. The molecule has 2 heterocycles. The fourth-order valence-corrected chi connectivity index (χ4v) is 4.02. The predicted molar refractivity (Wildman–Crippen MR) is 85.7 cm³/mol. The number of hydrogen-bond donors (Lipinski definition) is 1. The van der Waals surface area contributed by atoms with Gasteiger partial charge in [-0.05, 0) is 22.0 Å². The summed E-state index contributed by atoms with van der Waals surface area (Å²) in [6, 6.07) is 1.10. The van der Waals surface area contributed by atoms with Gasteiger partial charge in [0.05, 0.1) is 32.6 Å². The third kappa shape index (κ3) is 3.20. The Bertz CT molecular complexity index is 886. The van der Waals surface area contributed by atoms with E-state index >= 15 is 0 Å². The summed E-state index contributed by atoms with van der Waals surface area (Å²) < 4.78 is 43.8. The van der Waals surface area contributed by atoms with Gasteiger partial charge in [-0.3, -0.25) is 5.10 Å². The molecule has 3 aromatic rings. The van der Waals surface area contributed by atoms with Gasteiger partial charge in [-0.25, -0.2) is 9.37 Å². The normalized spacial score (nSPS) is 11.8. The summed E-state index contributed by atoms with van der Waals surface area (Å²) in [4.78, 5) is 4.17. The van der Waals surface area contributed by atoms with Crippen molar-refractivity contribution < 1.29 is 17.9 Å². The van der Waals surface area contributed by atoms with Gasteiger partial charge in [0.2, 0.25) is 0 Å². The second kappa shape index (κ2) is 6.56. The summed E-state index contributed by atoms with van der Waals surface area (Å²) in [5.74, 6) is -0.645. The van der Waals surface area contributed by atoms with E-state index < -0.39 is 19.0 Å². The van der Waals surface area contributed by atoms with Crippen LogP contribution < -0.4 is 0 Å². The van der Waals surface area contributed by atoms with Crippen LogP contribution in [-0.2, 0) is 11.3 Å². The number of aromatic amines is 1. The molecule has 0 unspecified atom stereocenters. The fourth-order valence-electron chi connectivity index (χ4n) is 1.98. The summed E-state index contributed by atoms with van der Waals surface area (Å²) >= 11 is 16.5. The van der Waals surface area contributed by atoms with Crippen LogP contribution in [0, 0.1) is 5.82 Å². The van der Waals surface area contributed by atoms with Crippen LogP contribution in [0.1, 0.15) is 5.69 Å². The number of nitrogens with zero attached hydrogens (tertiary/aromatic N) is 2. The monoisotopic (exact) mass is 445 g/mol. The zero-order valence-electron chi connectivity index (χ0n) is 10.8. The van der Waals surface area contributed by atoms with E-state index in [-0.39, 0.29) is 27.0 Å². The Morgan fingerprint density at radius 2 is 2.13 bits per heavy atom. The molecule has 0 saturated carbocycles. The number of nitrogens with one attached hydrogen (secondary N) is 1. The smallest absolute Gasteiger partial charge is 0.316 e. The molecule has 0 aliphatic rings. The highest BCUT2D eigenvalue weighted by Gasteiger charge is 2.23. The molecule has 1 aromatic carbocycles. The number of halogens is 6. The highest BCUT2D eigenvalue weighted by atomic mass is 79.9. The number of H-pyrrole nitrogens is 1. The number of benzene rings is 1. The Hall–Kier alpha value is -0.870. The van der Waals surface area contributed by atoms with E-state index in [9.17, 15) is 13.2 Å². The molecule has 4 nitrogen and oxygen atoms in total. The first-order valence-electron chi connectivity index (χ1n) is 5.95. The fraction of sp³-hybridized carbons (Fsp3) is 0.167. The lowest BCUT2D eigenvalue weighted by Gasteiger charge is -2.04. The Kier molecular flexibility index (Phi) is 4.84. The number of ether oxygens (including phenoxy) is 1. The molecule has 2 aromatic heterocycles. The molecule has 0 spiro atoms. The van der Waals surface area contributed by atoms with E-state index in [1.807, 2.05) is 0 Å². The first-order valence-corrected chi connectivity index (χ1v) is 8.32. The van der Waals surface area contributed by atoms with E-state index in [4.69, 9.17) is 23.2 Å². The van der Waals surface area contributed by atoms with Crippen LogP contribution in [0.5, 0.6) is 0 Å². The molecule has 0 atom stereocenters. The predicted octanol–water partition coefficient (Wildman–Crippen LogP) is 5.63. The minimum atomic E-state index is -2.95. The Balaban J connectivity index is 2.14. The van der Waals surface area contributed by atoms with E-state index in [2.05, 4.69) is 35.8 Å². The van der Waals surface area contributed by atoms with Crippen molar-refractivity contribution in [3.05, 3.63) is 31.5 Å². The molecule has 0 fully saturated rings. The summed E-state index contributed by atoms with van der Waals surface area (Å²) in [7, 11) is 0. The molecule has 3 rings (SSSR count). The molecule has 0 amide bonds. The highest BCUT2D eigenvalue weighted by Crippen LogP contribution is 2.42. The number of hydrogen-bond acceptors (Lipinski definition) is 4. The van der Waals surface area contributed by atoms with Gasteiger partial charge in [0, 0.05) is 0 Å². The number of fused-ring (bicyclic) bond motifs is 1. The maximum Gasteiger partial charge on any atom is 0.345 e. The van der Waals surface area contributed by atoms with Crippen LogP contribution in [0.15, 0.2) is 9.98 Å². The van der Waals surface area contributed by atoms with Gasteiger partial charge in [0.1, 0.15) is 17.0 Å². The van der Waals surface area contributed by atoms with Crippen LogP contribution in [0.2, 0.25) is 10.0 Å². The number of alkyl halides is 2. The number of aromatic nitrogens is 3. The number of thiazole rings is 1. The van der Waals surface area contributed by atoms with Crippen LogP contribution in [-0.4, -0.2) is 21.8 Å². The topological polar surface area (TPSA) is 50.8 Å².